The number of benzene rings is 3. The van der Waals surface area contributed by atoms with E-state index in [0.717, 1.165) is 22.5 Å². The Labute approximate surface area is 248 Å². The number of halogens is 1. The molecule has 9 nitrogen and oxygen atoms in total. The number of nitrogens with one attached hydrogen (secondary N) is 2. The number of carbonyl (C=O) groups is 2. The van der Waals surface area contributed by atoms with E-state index in [4.69, 9.17) is 21.1 Å². The van der Waals surface area contributed by atoms with Crippen LogP contribution in [0.5, 0.6) is 11.5 Å². The molecule has 2 amide bonds. The minimum Gasteiger partial charge on any atom is -0.454 e. The van der Waals surface area contributed by atoms with Gasteiger partial charge in [-0.25, -0.2) is 0 Å². The first-order valence-electron chi connectivity index (χ1n) is 13.4. The van der Waals surface area contributed by atoms with E-state index in [2.05, 4.69) is 15.6 Å². The number of amides is 2. The highest BCUT2D eigenvalue weighted by atomic mass is 35.5. The van der Waals surface area contributed by atoms with Crippen molar-refractivity contribution in [1.29, 1.82) is 0 Å². The molecule has 2 N–H and O–H groups in total. The molecule has 0 radical (unpaired) electrons. The van der Waals surface area contributed by atoms with Crippen molar-refractivity contribution in [3.8, 4) is 11.5 Å². The second kappa shape index (κ2) is 11.6. The first-order valence-corrected chi connectivity index (χ1v) is 13.7. The molecule has 0 aliphatic carbocycles. The molecule has 2 aliphatic rings. The summed E-state index contributed by atoms with van der Waals surface area (Å²) in [6.07, 6.45) is 3.22. The Kier molecular flexibility index (Phi) is 7.52. The van der Waals surface area contributed by atoms with Gasteiger partial charge in [0, 0.05) is 53.0 Å². The summed E-state index contributed by atoms with van der Waals surface area (Å²) >= 11 is 6.20. The van der Waals surface area contributed by atoms with Crippen LogP contribution in [0.25, 0.3) is 11.3 Å². The standard InChI is InChI=1S/C32H28ClN5O4/c1-37(2)14-15-38(32(40)21-4-3-13-34-18-21)24-9-7-23(8-10-24)35-30(20-5-12-27-28(16-20)42-19-41-27)29-25-11-6-22(33)17-26(25)36-31(29)39/h3-13,16-18,35H,14-15,19H2,1-2H3,(H,36,39)/b30-29-. The molecule has 3 heterocycles. The summed E-state index contributed by atoms with van der Waals surface area (Å²) in [5.41, 5.74) is 5.18. The van der Waals surface area contributed by atoms with Gasteiger partial charge in [0.15, 0.2) is 11.5 Å². The summed E-state index contributed by atoms with van der Waals surface area (Å²) in [7, 11) is 3.94. The maximum Gasteiger partial charge on any atom is 0.259 e. The maximum atomic E-state index is 13.4. The lowest BCUT2D eigenvalue weighted by atomic mass is 9.99. The van der Waals surface area contributed by atoms with Gasteiger partial charge in [0.25, 0.3) is 11.8 Å². The summed E-state index contributed by atoms with van der Waals surface area (Å²) in [6, 6.07) is 21.9. The minimum atomic E-state index is -0.249. The maximum absolute atomic E-state index is 13.4. The van der Waals surface area contributed by atoms with Crippen LogP contribution in [0.1, 0.15) is 21.5 Å². The fourth-order valence-electron chi connectivity index (χ4n) is 4.89. The van der Waals surface area contributed by atoms with Crippen LogP contribution in [-0.4, -0.2) is 55.7 Å². The highest BCUT2D eigenvalue weighted by Crippen LogP contribution is 2.41. The summed E-state index contributed by atoms with van der Waals surface area (Å²) in [4.78, 5) is 34.6. The number of hydrogen-bond donors (Lipinski definition) is 2. The quantitative estimate of drug-likeness (QED) is 0.261. The van der Waals surface area contributed by atoms with Crippen molar-refractivity contribution in [2.75, 3.05) is 49.5 Å². The van der Waals surface area contributed by atoms with Gasteiger partial charge in [-0.1, -0.05) is 17.7 Å². The van der Waals surface area contributed by atoms with Crippen LogP contribution in [0, 0.1) is 0 Å². The van der Waals surface area contributed by atoms with Crippen LogP contribution in [-0.2, 0) is 4.79 Å². The second-order valence-electron chi connectivity index (χ2n) is 10.1. The highest BCUT2D eigenvalue weighted by molar-refractivity contribution is 6.38. The zero-order chi connectivity index (χ0) is 29.2. The Morgan fingerprint density at radius 2 is 1.79 bits per heavy atom. The molecule has 1 aromatic heterocycles. The zero-order valence-electron chi connectivity index (χ0n) is 23.1. The summed E-state index contributed by atoms with van der Waals surface area (Å²) < 4.78 is 11.1. The lowest BCUT2D eigenvalue weighted by Gasteiger charge is -2.25. The fourth-order valence-corrected chi connectivity index (χ4v) is 5.06. The van der Waals surface area contributed by atoms with Crippen LogP contribution in [0.2, 0.25) is 5.02 Å². The highest BCUT2D eigenvalue weighted by Gasteiger charge is 2.29. The molecule has 0 fully saturated rings. The van der Waals surface area contributed by atoms with E-state index < -0.39 is 0 Å². The van der Waals surface area contributed by atoms with Crippen LogP contribution >= 0.6 is 11.6 Å². The number of hydrogen-bond acceptors (Lipinski definition) is 7. The molecule has 0 unspecified atom stereocenters. The van der Waals surface area contributed by atoms with Crippen molar-refractivity contribution >= 4 is 51.7 Å². The average molecular weight is 582 g/mol. The van der Waals surface area contributed by atoms with Crippen molar-refractivity contribution in [2.45, 2.75) is 0 Å². The Balaban J connectivity index is 1.37. The van der Waals surface area contributed by atoms with Crippen LogP contribution in [0.4, 0.5) is 17.1 Å². The lowest BCUT2D eigenvalue weighted by molar-refractivity contribution is -0.110. The average Bonchev–Trinajstić information content (AvgIpc) is 3.59. The number of pyridine rings is 1. The molecular weight excluding hydrogens is 554 g/mol. The van der Waals surface area contributed by atoms with E-state index in [1.165, 1.54) is 0 Å². The molecule has 0 saturated heterocycles. The van der Waals surface area contributed by atoms with Crippen molar-refractivity contribution in [3.63, 3.8) is 0 Å². The van der Waals surface area contributed by atoms with Crippen LogP contribution in [0.3, 0.4) is 0 Å². The Hall–Kier alpha value is -4.86. The minimum absolute atomic E-state index is 0.133. The van der Waals surface area contributed by atoms with Crippen molar-refractivity contribution in [2.24, 2.45) is 0 Å². The molecule has 0 spiro atoms. The molecule has 6 rings (SSSR count). The van der Waals surface area contributed by atoms with Crippen molar-refractivity contribution in [3.05, 3.63) is 107 Å². The SMILES string of the molecule is CN(C)CCN(C(=O)c1cccnc1)c1ccc(N/C(=C2\C(=O)Nc3cc(Cl)ccc32)c2ccc3c(c2)OCO3)cc1. The van der Waals surface area contributed by atoms with Gasteiger partial charge in [0.05, 0.1) is 22.5 Å². The van der Waals surface area contributed by atoms with E-state index >= 15 is 0 Å². The van der Waals surface area contributed by atoms with Gasteiger partial charge in [0.1, 0.15) is 0 Å². The third-order valence-electron chi connectivity index (χ3n) is 7.01. The molecule has 2 aliphatic heterocycles. The summed E-state index contributed by atoms with van der Waals surface area (Å²) in [5, 5.41) is 6.91. The smallest absolute Gasteiger partial charge is 0.259 e. The van der Waals surface area contributed by atoms with E-state index in [0.29, 0.717) is 52.1 Å². The van der Waals surface area contributed by atoms with Gasteiger partial charge in [0.2, 0.25) is 6.79 Å². The normalized spacial score (nSPS) is 14.4. The Morgan fingerprint density at radius 1 is 0.976 bits per heavy atom. The van der Waals surface area contributed by atoms with Gasteiger partial charge >= 0.3 is 0 Å². The van der Waals surface area contributed by atoms with Gasteiger partial charge in [-0.15, -0.1) is 0 Å². The predicted octanol–water partition coefficient (Wildman–Crippen LogP) is 5.60. The molecule has 4 aromatic rings. The zero-order valence-corrected chi connectivity index (χ0v) is 23.8. The Morgan fingerprint density at radius 3 is 2.55 bits per heavy atom. The summed E-state index contributed by atoms with van der Waals surface area (Å²) in [5.74, 6) is 0.863. The molecule has 0 saturated carbocycles. The molecule has 42 heavy (non-hydrogen) atoms. The second-order valence-corrected chi connectivity index (χ2v) is 10.6. The number of fused-ring (bicyclic) bond motifs is 2. The number of aromatic nitrogens is 1. The van der Waals surface area contributed by atoms with Crippen molar-refractivity contribution < 1.29 is 19.1 Å². The van der Waals surface area contributed by atoms with Gasteiger partial charge < -0.3 is 29.9 Å². The van der Waals surface area contributed by atoms with Gasteiger partial charge in [-0.05, 0) is 80.8 Å². The number of rotatable bonds is 8. The van der Waals surface area contributed by atoms with E-state index in [-0.39, 0.29) is 18.6 Å². The lowest BCUT2D eigenvalue weighted by Crippen LogP contribution is -2.36. The number of ether oxygens (including phenoxy) is 2. The van der Waals surface area contributed by atoms with E-state index in [9.17, 15) is 9.59 Å². The van der Waals surface area contributed by atoms with E-state index in [1.807, 2.05) is 67.5 Å². The predicted molar refractivity (Wildman–Crippen MR) is 164 cm³/mol. The van der Waals surface area contributed by atoms with Crippen molar-refractivity contribution in [1.82, 2.24) is 9.88 Å². The third-order valence-corrected chi connectivity index (χ3v) is 7.25. The first-order chi connectivity index (χ1) is 20.4. The largest absolute Gasteiger partial charge is 0.454 e. The molecule has 0 atom stereocenters. The number of carbonyl (C=O) groups excluding carboxylic acids is 2. The monoisotopic (exact) mass is 581 g/mol. The van der Waals surface area contributed by atoms with E-state index in [1.54, 1.807) is 41.6 Å². The molecule has 0 bridgehead atoms. The summed E-state index contributed by atoms with van der Waals surface area (Å²) in [6.45, 7) is 1.33. The fraction of sp³-hybridized carbons (Fsp3) is 0.156. The van der Waals surface area contributed by atoms with Crippen LogP contribution < -0.4 is 25.0 Å². The molecular formula is C32H28ClN5O4. The number of anilines is 3. The molecule has 212 valence electrons. The van der Waals surface area contributed by atoms with Crippen LogP contribution in [0.15, 0.2) is 85.2 Å². The van der Waals surface area contributed by atoms with Gasteiger partial charge in [-0.2, -0.15) is 0 Å². The van der Waals surface area contributed by atoms with Gasteiger partial charge in [-0.3, -0.25) is 14.6 Å². The topological polar surface area (TPSA) is 96.0 Å². The number of likely N-dealkylation sites (N-methyl/N-ethyl adjacent to an activating group) is 1. The Bertz CT molecular complexity index is 1690. The third kappa shape index (κ3) is 5.52. The molecule has 10 heteroatoms. The molecule has 3 aromatic carbocycles. The number of nitrogens with zero attached hydrogens (tertiary/aromatic N) is 3. The first kappa shape index (κ1) is 27.3.